The van der Waals surface area contributed by atoms with Crippen molar-refractivity contribution in [2.24, 2.45) is 5.73 Å². The summed E-state index contributed by atoms with van der Waals surface area (Å²) >= 11 is 0. The number of carbonyl (C=O) groups is 2. The summed E-state index contributed by atoms with van der Waals surface area (Å²) < 4.78 is 41.8. The molecule has 0 aliphatic rings. The Balaban J connectivity index is 1.65. The molecule has 8 nitrogen and oxygen atoms in total. The molecule has 0 atom stereocenters. The molecule has 2 aromatic heterocycles. The number of nitrogens with one attached hydrogen (secondary N) is 1. The summed E-state index contributed by atoms with van der Waals surface area (Å²) in [6.45, 7) is 0.209. The fourth-order valence-corrected chi connectivity index (χ4v) is 2.62. The molecule has 29 heavy (non-hydrogen) atoms. The standard InChI is InChI=1S/C18H16F3N5O3/c1-25(10-11-6-7-26-15(8-11)14(9-23-26)16(22)27)17(28)24-12-2-4-13(5-3-12)29-18(19,20)21/h2-9H,10H2,1H3,(H2,22,27)(H,24,28). The number of nitrogens with zero attached hydrogens (tertiary/aromatic N) is 3. The number of primary amides is 1. The average Bonchev–Trinajstić information content (AvgIpc) is 3.05. The fourth-order valence-electron chi connectivity index (χ4n) is 2.62. The van der Waals surface area contributed by atoms with Crippen LogP contribution in [0.15, 0.2) is 48.8 Å². The van der Waals surface area contributed by atoms with E-state index in [2.05, 4.69) is 15.2 Å². The first-order chi connectivity index (χ1) is 13.6. The maximum atomic E-state index is 12.3. The lowest BCUT2D eigenvalue weighted by molar-refractivity contribution is -0.274. The zero-order chi connectivity index (χ0) is 21.2. The predicted octanol–water partition coefficient (Wildman–Crippen LogP) is 3.00. The van der Waals surface area contributed by atoms with Crippen LogP contribution in [0.1, 0.15) is 15.9 Å². The van der Waals surface area contributed by atoms with Gasteiger partial charge in [-0.3, -0.25) is 4.79 Å². The van der Waals surface area contributed by atoms with Gasteiger partial charge in [0.05, 0.1) is 17.3 Å². The summed E-state index contributed by atoms with van der Waals surface area (Å²) in [6.07, 6.45) is -1.78. The van der Waals surface area contributed by atoms with Gasteiger partial charge in [0.1, 0.15) is 5.75 Å². The van der Waals surface area contributed by atoms with Crippen molar-refractivity contribution in [3.8, 4) is 5.75 Å². The van der Waals surface area contributed by atoms with E-state index in [0.29, 0.717) is 11.2 Å². The Hall–Kier alpha value is -3.76. The fraction of sp³-hybridized carbons (Fsp3) is 0.167. The van der Waals surface area contributed by atoms with E-state index in [1.54, 1.807) is 25.4 Å². The highest BCUT2D eigenvalue weighted by atomic mass is 19.4. The van der Waals surface area contributed by atoms with Crippen LogP contribution in [0.4, 0.5) is 23.7 Å². The molecule has 0 unspecified atom stereocenters. The number of alkyl halides is 3. The summed E-state index contributed by atoms with van der Waals surface area (Å²) in [7, 11) is 1.55. The smallest absolute Gasteiger partial charge is 0.406 e. The molecule has 3 N–H and O–H groups in total. The number of hydrogen-bond donors (Lipinski definition) is 2. The second kappa shape index (κ2) is 7.70. The lowest BCUT2D eigenvalue weighted by atomic mass is 10.2. The molecular weight excluding hydrogens is 391 g/mol. The number of carbonyl (C=O) groups excluding carboxylic acids is 2. The van der Waals surface area contributed by atoms with Gasteiger partial charge >= 0.3 is 12.4 Å². The summed E-state index contributed by atoms with van der Waals surface area (Å²) in [5.74, 6) is -0.996. The molecule has 0 spiro atoms. The average molecular weight is 407 g/mol. The van der Waals surface area contributed by atoms with Crippen molar-refractivity contribution in [1.82, 2.24) is 14.5 Å². The molecule has 0 saturated carbocycles. The van der Waals surface area contributed by atoms with Crippen molar-refractivity contribution in [3.63, 3.8) is 0 Å². The molecule has 2 heterocycles. The Labute approximate surface area is 162 Å². The second-order valence-electron chi connectivity index (χ2n) is 6.15. The molecule has 3 amide bonds. The maximum Gasteiger partial charge on any atom is 0.573 e. The molecule has 0 radical (unpaired) electrons. The number of anilines is 1. The van der Waals surface area contributed by atoms with Gasteiger partial charge in [0.25, 0.3) is 5.91 Å². The van der Waals surface area contributed by atoms with Crippen LogP contribution < -0.4 is 15.8 Å². The van der Waals surface area contributed by atoms with E-state index in [0.717, 1.165) is 17.7 Å². The molecule has 0 aliphatic heterocycles. The van der Waals surface area contributed by atoms with Gasteiger partial charge in [-0.1, -0.05) is 0 Å². The van der Waals surface area contributed by atoms with E-state index in [1.165, 1.54) is 27.7 Å². The van der Waals surface area contributed by atoms with Gasteiger partial charge in [0.15, 0.2) is 0 Å². The number of fused-ring (bicyclic) bond motifs is 1. The number of ether oxygens (including phenoxy) is 1. The Morgan fingerprint density at radius 3 is 2.55 bits per heavy atom. The third kappa shape index (κ3) is 4.94. The van der Waals surface area contributed by atoms with Gasteiger partial charge in [-0.25, -0.2) is 9.31 Å². The van der Waals surface area contributed by atoms with E-state index in [1.807, 2.05) is 0 Å². The van der Waals surface area contributed by atoms with Crippen LogP contribution in [0, 0.1) is 0 Å². The number of hydrogen-bond acceptors (Lipinski definition) is 4. The summed E-state index contributed by atoms with van der Waals surface area (Å²) in [5.41, 5.74) is 7.13. The number of amides is 3. The van der Waals surface area contributed by atoms with Gasteiger partial charge in [0.2, 0.25) is 0 Å². The van der Waals surface area contributed by atoms with Crippen LogP contribution in [-0.2, 0) is 6.54 Å². The van der Waals surface area contributed by atoms with Crippen LogP contribution in [0.3, 0.4) is 0 Å². The number of pyridine rings is 1. The van der Waals surface area contributed by atoms with Crippen LogP contribution >= 0.6 is 0 Å². The summed E-state index contributed by atoms with van der Waals surface area (Å²) in [6, 6.07) is 7.74. The molecule has 0 aliphatic carbocycles. The number of benzene rings is 1. The first kappa shape index (κ1) is 20.0. The Bertz CT molecular complexity index is 1050. The van der Waals surface area contributed by atoms with E-state index in [4.69, 9.17) is 5.73 Å². The van der Waals surface area contributed by atoms with Crippen LogP contribution in [0.5, 0.6) is 5.75 Å². The zero-order valence-corrected chi connectivity index (χ0v) is 15.1. The van der Waals surface area contributed by atoms with Crippen molar-refractivity contribution in [2.75, 3.05) is 12.4 Å². The van der Waals surface area contributed by atoms with Gasteiger partial charge < -0.3 is 20.7 Å². The monoisotopic (exact) mass is 407 g/mol. The molecule has 0 saturated heterocycles. The molecule has 3 aromatic rings. The Morgan fingerprint density at radius 1 is 1.24 bits per heavy atom. The van der Waals surface area contributed by atoms with Crippen molar-refractivity contribution in [2.45, 2.75) is 12.9 Å². The predicted molar refractivity (Wildman–Crippen MR) is 97.3 cm³/mol. The lowest BCUT2D eigenvalue weighted by Crippen LogP contribution is -2.30. The number of halogens is 3. The minimum atomic E-state index is -4.78. The maximum absolute atomic E-state index is 12.3. The summed E-state index contributed by atoms with van der Waals surface area (Å²) in [4.78, 5) is 25.1. The molecule has 11 heteroatoms. The first-order valence-electron chi connectivity index (χ1n) is 8.26. The number of urea groups is 1. The molecule has 3 rings (SSSR count). The largest absolute Gasteiger partial charge is 0.573 e. The summed E-state index contributed by atoms with van der Waals surface area (Å²) in [5, 5.41) is 6.59. The normalized spacial score (nSPS) is 11.3. The highest BCUT2D eigenvalue weighted by molar-refractivity contribution is 5.99. The quantitative estimate of drug-likeness (QED) is 0.679. The second-order valence-corrected chi connectivity index (χ2v) is 6.15. The highest BCUT2D eigenvalue weighted by Gasteiger charge is 2.31. The molecule has 0 bridgehead atoms. The highest BCUT2D eigenvalue weighted by Crippen LogP contribution is 2.24. The topological polar surface area (TPSA) is 102 Å². The van der Waals surface area contributed by atoms with Gasteiger partial charge in [-0.15, -0.1) is 13.2 Å². The van der Waals surface area contributed by atoms with Crippen molar-refractivity contribution in [1.29, 1.82) is 0 Å². The van der Waals surface area contributed by atoms with Gasteiger partial charge in [-0.05, 0) is 42.0 Å². The van der Waals surface area contributed by atoms with Crippen molar-refractivity contribution < 1.29 is 27.5 Å². The van der Waals surface area contributed by atoms with Crippen LogP contribution in [0.2, 0.25) is 0 Å². The van der Waals surface area contributed by atoms with Crippen LogP contribution in [-0.4, -0.2) is 39.9 Å². The van der Waals surface area contributed by atoms with Crippen LogP contribution in [0.25, 0.3) is 5.52 Å². The molecule has 1 aromatic carbocycles. The Kier molecular flexibility index (Phi) is 5.31. The van der Waals surface area contributed by atoms with E-state index in [-0.39, 0.29) is 17.9 Å². The molecule has 0 fully saturated rings. The van der Waals surface area contributed by atoms with Gasteiger partial charge in [0, 0.05) is 25.5 Å². The molecular formula is C18H16F3N5O3. The minimum Gasteiger partial charge on any atom is -0.406 e. The first-order valence-corrected chi connectivity index (χ1v) is 8.26. The third-order valence-corrected chi connectivity index (χ3v) is 3.96. The lowest BCUT2D eigenvalue weighted by Gasteiger charge is -2.18. The molecule has 152 valence electrons. The van der Waals surface area contributed by atoms with E-state index >= 15 is 0 Å². The zero-order valence-electron chi connectivity index (χ0n) is 15.1. The van der Waals surface area contributed by atoms with Crippen molar-refractivity contribution >= 4 is 23.1 Å². The van der Waals surface area contributed by atoms with E-state index < -0.39 is 18.3 Å². The number of nitrogens with two attached hydrogens (primary N) is 1. The Morgan fingerprint density at radius 2 is 1.93 bits per heavy atom. The number of rotatable bonds is 5. The van der Waals surface area contributed by atoms with E-state index in [9.17, 15) is 22.8 Å². The third-order valence-electron chi connectivity index (χ3n) is 3.96. The number of aromatic nitrogens is 2. The van der Waals surface area contributed by atoms with Crippen molar-refractivity contribution in [3.05, 3.63) is 59.9 Å². The van der Waals surface area contributed by atoms with Gasteiger partial charge in [-0.2, -0.15) is 5.10 Å². The SMILES string of the molecule is CN(Cc1ccn2ncc(C(N)=O)c2c1)C(=O)Nc1ccc(OC(F)(F)F)cc1. The minimum absolute atomic E-state index is 0.209.